The molecule has 7 rings (SSSR count). The van der Waals surface area contributed by atoms with Gasteiger partial charge in [-0.2, -0.15) is 0 Å². The molecule has 5 aromatic rings. The summed E-state index contributed by atoms with van der Waals surface area (Å²) in [6.07, 6.45) is 0. The number of thioether (sulfide) groups is 1. The van der Waals surface area contributed by atoms with Crippen LogP contribution >= 0.6 is 23.1 Å². The number of carbonyl (C=O) groups is 2. The number of hydrogen-bond donors (Lipinski definition) is 1. The summed E-state index contributed by atoms with van der Waals surface area (Å²) in [5.74, 6) is 0.226. The monoisotopic (exact) mass is 663 g/mol. The predicted octanol–water partition coefficient (Wildman–Crippen LogP) is 7.12. The van der Waals surface area contributed by atoms with Crippen LogP contribution in [0.2, 0.25) is 0 Å². The van der Waals surface area contributed by atoms with Crippen molar-refractivity contribution in [2.75, 3.05) is 18.1 Å². The lowest BCUT2D eigenvalue weighted by Crippen LogP contribution is -2.29. The van der Waals surface area contributed by atoms with Gasteiger partial charge in [0.1, 0.15) is 31.3 Å². The number of aliphatic hydroxyl groups is 1. The zero-order valence-corrected chi connectivity index (χ0v) is 26.9. The van der Waals surface area contributed by atoms with E-state index in [0.717, 1.165) is 11.1 Å². The Kier molecular flexibility index (Phi) is 8.64. The van der Waals surface area contributed by atoms with E-state index < -0.39 is 17.7 Å². The number of carbonyl (C=O) groups excluding carboxylic acids is 2. The Balaban J connectivity index is 1.25. The number of amides is 1. The van der Waals surface area contributed by atoms with Crippen molar-refractivity contribution < 1.29 is 28.9 Å². The molecule has 0 saturated carbocycles. The summed E-state index contributed by atoms with van der Waals surface area (Å²) >= 11 is 2.72. The molecule has 1 amide bonds. The molecule has 11 heteroatoms. The van der Waals surface area contributed by atoms with Gasteiger partial charge in [-0.3, -0.25) is 14.5 Å². The Morgan fingerprint density at radius 1 is 0.915 bits per heavy atom. The smallest absolute Gasteiger partial charge is 0.301 e. The van der Waals surface area contributed by atoms with E-state index in [0.29, 0.717) is 58.3 Å². The molecular formula is C36H29N3O6S2. The van der Waals surface area contributed by atoms with E-state index in [2.05, 4.69) is 34.5 Å². The Hall–Kier alpha value is -5.13. The van der Waals surface area contributed by atoms with E-state index in [4.69, 9.17) is 14.2 Å². The van der Waals surface area contributed by atoms with Crippen molar-refractivity contribution in [3.05, 3.63) is 130 Å². The van der Waals surface area contributed by atoms with Crippen LogP contribution in [0.15, 0.2) is 107 Å². The van der Waals surface area contributed by atoms with Crippen LogP contribution in [0.5, 0.6) is 17.2 Å². The van der Waals surface area contributed by atoms with E-state index in [1.807, 2.05) is 43.3 Å². The summed E-state index contributed by atoms with van der Waals surface area (Å²) in [5.41, 5.74) is 4.11. The molecule has 0 radical (unpaired) electrons. The molecule has 2 aliphatic heterocycles. The number of Topliss-reactive ketones (excluding diaryl/α,β-unsaturated/α-hetero) is 1. The van der Waals surface area contributed by atoms with Gasteiger partial charge >= 0.3 is 5.91 Å². The van der Waals surface area contributed by atoms with Gasteiger partial charge in [0.05, 0.1) is 11.6 Å². The molecule has 1 unspecified atom stereocenters. The molecule has 1 fully saturated rings. The first kappa shape index (κ1) is 30.5. The quantitative estimate of drug-likeness (QED) is 0.0580. The number of fused-ring (bicyclic) bond motifs is 1. The fourth-order valence-corrected chi connectivity index (χ4v) is 7.22. The van der Waals surface area contributed by atoms with Gasteiger partial charge in [-0.15, -0.1) is 10.2 Å². The Bertz CT molecular complexity index is 1980. The van der Waals surface area contributed by atoms with Crippen molar-refractivity contribution in [3.8, 4) is 17.2 Å². The normalized spacial score (nSPS) is 16.8. The molecule has 1 aromatic heterocycles. The van der Waals surface area contributed by atoms with Gasteiger partial charge in [-0.1, -0.05) is 95.4 Å². The standard InChI is InChI=1S/C36H29N3O6S2/c1-22-10-12-24(13-11-22)21-46-36-38-37-35(47-36)39-31(25-8-5-9-27(18-25)45-20-23-6-3-2-4-7-23)30(33(41)34(39)42)32(40)26-14-15-28-29(19-26)44-17-16-43-28/h2-15,18-19,31,40H,16-17,20-21H2,1H3/b32-30-. The van der Waals surface area contributed by atoms with Crippen LogP contribution in [0.3, 0.4) is 0 Å². The molecule has 2 aliphatic rings. The van der Waals surface area contributed by atoms with Crippen LogP contribution in [0.1, 0.15) is 33.9 Å². The number of ether oxygens (including phenoxy) is 3. The number of benzene rings is 4. The second-order valence-electron chi connectivity index (χ2n) is 11.0. The SMILES string of the molecule is Cc1ccc(CSc2nnc(N3C(=O)C(=O)/C(=C(\O)c4ccc5c(c4)OCCO5)C3c3cccc(OCc4ccccc4)c3)s2)cc1. The molecule has 3 heterocycles. The van der Waals surface area contributed by atoms with Crippen molar-refractivity contribution in [1.29, 1.82) is 0 Å². The Morgan fingerprint density at radius 3 is 2.51 bits per heavy atom. The highest BCUT2D eigenvalue weighted by molar-refractivity contribution is 8.00. The maximum absolute atomic E-state index is 13.8. The van der Waals surface area contributed by atoms with Gasteiger partial charge in [-0.05, 0) is 53.9 Å². The number of aliphatic hydroxyl groups excluding tert-OH is 1. The van der Waals surface area contributed by atoms with Crippen LogP contribution in [0.25, 0.3) is 5.76 Å². The molecule has 47 heavy (non-hydrogen) atoms. The third-order valence-corrected chi connectivity index (χ3v) is 9.89. The summed E-state index contributed by atoms with van der Waals surface area (Å²) in [4.78, 5) is 28.9. The van der Waals surface area contributed by atoms with Crippen molar-refractivity contribution in [1.82, 2.24) is 10.2 Å². The first-order valence-corrected chi connectivity index (χ1v) is 16.7. The summed E-state index contributed by atoms with van der Waals surface area (Å²) in [5, 5.41) is 20.6. The summed E-state index contributed by atoms with van der Waals surface area (Å²) in [7, 11) is 0. The van der Waals surface area contributed by atoms with Crippen LogP contribution < -0.4 is 19.1 Å². The number of ketones is 1. The molecule has 1 atom stereocenters. The van der Waals surface area contributed by atoms with Gasteiger partial charge in [0.2, 0.25) is 5.13 Å². The number of aromatic nitrogens is 2. The highest BCUT2D eigenvalue weighted by Gasteiger charge is 2.48. The first-order chi connectivity index (χ1) is 22.9. The fraction of sp³-hybridized carbons (Fsp3) is 0.167. The van der Waals surface area contributed by atoms with Gasteiger partial charge in [-0.25, -0.2) is 0 Å². The molecule has 236 valence electrons. The van der Waals surface area contributed by atoms with Gasteiger partial charge in [0.25, 0.3) is 5.78 Å². The third kappa shape index (κ3) is 6.45. The first-order valence-electron chi connectivity index (χ1n) is 14.9. The summed E-state index contributed by atoms with van der Waals surface area (Å²) < 4.78 is 18.1. The zero-order chi connectivity index (χ0) is 32.3. The molecule has 1 N–H and O–H groups in total. The molecule has 4 aromatic carbocycles. The lowest BCUT2D eigenvalue weighted by molar-refractivity contribution is -0.132. The number of hydrogen-bond acceptors (Lipinski definition) is 10. The minimum atomic E-state index is -0.994. The molecule has 0 spiro atoms. The van der Waals surface area contributed by atoms with Gasteiger partial charge < -0.3 is 19.3 Å². The number of aryl methyl sites for hydroxylation is 1. The average Bonchev–Trinajstić information content (AvgIpc) is 3.68. The second-order valence-corrected chi connectivity index (χ2v) is 13.2. The minimum Gasteiger partial charge on any atom is -0.507 e. The second kappa shape index (κ2) is 13.3. The Morgan fingerprint density at radius 2 is 1.70 bits per heavy atom. The number of nitrogens with zero attached hydrogens (tertiary/aromatic N) is 3. The van der Waals surface area contributed by atoms with Crippen LogP contribution in [0, 0.1) is 6.92 Å². The maximum atomic E-state index is 13.8. The van der Waals surface area contributed by atoms with E-state index in [9.17, 15) is 14.7 Å². The van der Waals surface area contributed by atoms with E-state index in [1.54, 1.807) is 36.4 Å². The van der Waals surface area contributed by atoms with Gasteiger partial charge in [0, 0.05) is 11.3 Å². The summed E-state index contributed by atoms with van der Waals surface area (Å²) in [6, 6.07) is 29.1. The zero-order valence-electron chi connectivity index (χ0n) is 25.3. The maximum Gasteiger partial charge on any atom is 0.301 e. The average molecular weight is 664 g/mol. The van der Waals surface area contributed by atoms with Crippen LogP contribution in [-0.2, 0) is 21.9 Å². The topological polar surface area (TPSA) is 111 Å². The highest BCUT2D eigenvalue weighted by atomic mass is 32.2. The lowest BCUT2D eigenvalue weighted by Gasteiger charge is -2.23. The largest absolute Gasteiger partial charge is 0.507 e. The fourth-order valence-electron chi connectivity index (χ4n) is 5.39. The van der Waals surface area contributed by atoms with Gasteiger partial charge in [0.15, 0.2) is 15.8 Å². The number of rotatable bonds is 9. The molecule has 1 saturated heterocycles. The third-order valence-electron chi connectivity index (χ3n) is 7.77. The predicted molar refractivity (Wildman–Crippen MR) is 180 cm³/mol. The number of anilines is 1. The minimum absolute atomic E-state index is 0.0732. The Labute approximate surface area is 279 Å². The molecule has 0 bridgehead atoms. The van der Waals surface area contributed by atoms with Crippen molar-refractivity contribution in [3.63, 3.8) is 0 Å². The van der Waals surface area contributed by atoms with Crippen LogP contribution in [0.4, 0.5) is 5.13 Å². The van der Waals surface area contributed by atoms with Crippen molar-refractivity contribution in [2.24, 2.45) is 0 Å². The van der Waals surface area contributed by atoms with E-state index in [1.165, 1.54) is 33.6 Å². The van der Waals surface area contributed by atoms with E-state index in [-0.39, 0.29) is 16.5 Å². The van der Waals surface area contributed by atoms with E-state index >= 15 is 0 Å². The van der Waals surface area contributed by atoms with Crippen LogP contribution in [-0.4, -0.2) is 40.2 Å². The summed E-state index contributed by atoms with van der Waals surface area (Å²) in [6.45, 7) is 3.15. The molecule has 9 nitrogen and oxygen atoms in total. The lowest BCUT2D eigenvalue weighted by atomic mass is 9.95. The molecular weight excluding hydrogens is 635 g/mol. The molecule has 0 aliphatic carbocycles. The highest BCUT2D eigenvalue weighted by Crippen LogP contribution is 2.45. The van der Waals surface area contributed by atoms with Crippen molar-refractivity contribution in [2.45, 2.75) is 29.7 Å². The van der Waals surface area contributed by atoms with Crippen molar-refractivity contribution >= 4 is 45.7 Å².